The van der Waals surface area contributed by atoms with E-state index in [1.165, 1.54) is 6.42 Å². The number of carbonyl (C=O) groups is 1. The van der Waals surface area contributed by atoms with Gasteiger partial charge < -0.3 is 15.3 Å². The third kappa shape index (κ3) is 5.17. The fraction of sp³-hybridized carbons (Fsp3) is 0.750. The van der Waals surface area contributed by atoms with E-state index < -0.39 is 0 Å². The lowest BCUT2D eigenvalue weighted by Gasteiger charge is -2.39. The van der Waals surface area contributed by atoms with E-state index >= 15 is 0 Å². The van der Waals surface area contributed by atoms with Crippen LogP contribution in [-0.2, 0) is 16.8 Å². The van der Waals surface area contributed by atoms with Crippen LogP contribution in [-0.4, -0.2) is 65.2 Å². The van der Waals surface area contributed by atoms with Gasteiger partial charge in [0.1, 0.15) is 11.6 Å². The summed E-state index contributed by atoms with van der Waals surface area (Å²) in [6, 6.07) is 2.32. The summed E-state index contributed by atoms with van der Waals surface area (Å²) in [5, 5.41) is 12.4. The number of carbonyl (C=O) groups excluding carboxylic acids is 1. The van der Waals surface area contributed by atoms with Crippen LogP contribution in [0.15, 0.2) is 6.07 Å². The van der Waals surface area contributed by atoms with E-state index in [9.17, 15) is 9.90 Å². The molecular weight excluding hydrogens is 342 g/mol. The highest BCUT2D eigenvalue weighted by molar-refractivity contribution is 5.47. The average Bonchev–Trinajstić information content (AvgIpc) is 2.62. The van der Waals surface area contributed by atoms with Crippen LogP contribution in [0.3, 0.4) is 0 Å². The van der Waals surface area contributed by atoms with Gasteiger partial charge in [0, 0.05) is 43.7 Å². The van der Waals surface area contributed by atoms with E-state index in [0.717, 1.165) is 69.5 Å². The molecule has 27 heavy (non-hydrogen) atoms. The Labute approximate surface area is 162 Å². The number of rotatable bonds is 7. The molecule has 2 fully saturated rings. The fourth-order valence-electron chi connectivity index (χ4n) is 3.83. The maximum atomic E-state index is 10.4. The van der Waals surface area contributed by atoms with Crippen molar-refractivity contribution < 1.29 is 9.90 Å². The second-order valence-electron chi connectivity index (χ2n) is 8.89. The number of anilines is 1. The van der Waals surface area contributed by atoms with Gasteiger partial charge in [-0.15, -0.1) is 0 Å². The number of piperazine rings is 1. The standard InChI is InChI=1S/C20H33N5O2/c1-20(2,3)19-22-17(13-26)12-18(23-19)25-8-6-24(7-9-25)5-4-15-10-16(11-15)21-14-27/h12,14-16,26H,4-11,13H2,1-3H3,(H,21,27). The second-order valence-corrected chi connectivity index (χ2v) is 8.89. The molecule has 0 bridgehead atoms. The van der Waals surface area contributed by atoms with Crippen molar-refractivity contribution in [1.82, 2.24) is 20.2 Å². The molecule has 7 nitrogen and oxygen atoms in total. The van der Waals surface area contributed by atoms with E-state index in [4.69, 9.17) is 4.98 Å². The summed E-state index contributed by atoms with van der Waals surface area (Å²) in [6.45, 7) is 11.3. The van der Waals surface area contributed by atoms with Gasteiger partial charge in [-0.2, -0.15) is 0 Å². The first-order valence-electron chi connectivity index (χ1n) is 10.1. The first kappa shape index (κ1) is 20.0. The van der Waals surface area contributed by atoms with Gasteiger partial charge in [-0.3, -0.25) is 9.69 Å². The van der Waals surface area contributed by atoms with Crippen molar-refractivity contribution >= 4 is 12.2 Å². The Balaban J connectivity index is 1.50. The molecule has 1 aromatic heterocycles. The molecule has 0 aromatic carbocycles. The summed E-state index contributed by atoms with van der Waals surface area (Å²) in [7, 11) is 0. The fourth-order valence-corrected chi connectivity index (χ4v) is 3.83. The molecule has 1 saturated carbocycles. The first-order chi connectivity index (χ1) is 12.9. The van der Waals surface area contributed by atoms with Crippen LogP contribution in [0.1, 0.15) is 51.6 Å². The summed E-state index contributed by atoms with van der Waals surface area (Å²) in [6.07, 6.45) is 4.28. The molecule has 2 aliphatic rings. The molecule has 7 heteroatoms. The lowest BCUT2D eigenvalue weighted by molar-refractivity contribution is -0.110. The number of hydrogen-bond acceptors (Lipinski definition) is 6. The van der Waals surface area contributed by atoms with Crippen molar-refractivity contribution in [3.63, 3.8) is 0 Å². The van der Waals surface area contributed by atoms with Gasteiger partial charge in [-0.25, -0.2) is 9.97 Å². The van der Waals surface area contributed by atoms with E-state index in [1.807, 2.05) is 6.07 Å². The Morgan fingerprint density at radius 1 is 1.22 bits per heavy atom. The Hall–Kier alpha value is -1.73. The molecule has 1 amide bonds. The minimum absolute atomic E-state index is 0.0556. The highest BCUT2D eigenvalue weighted by atomic mass is 16.3. The van der Waals surface area contributed by atoms with Gasteiger partial charge in [-0.05, 0) is 31.7 Å². The van der Waals surface area contributed by atoms with Crippen molar-refractivity contribution in [2.75, 3.05) is 37.6 Å². The summed E-state index contributed by atoms with van der Waals surface area (Å²) in [5.41, 5.74) is 0.553. The van der Waals surface area contributed by atoms with Crippen molar-refractivity contribution in [2.24, 2.45) is 5.92 Å². The summed E-state index contributed by atoms with van der Waals surface area (Å²) >= 11 is 0. The summed E-state index contributed by atoms with van der Waals surface area (Å²) < 4.78 is 0. The molecule has 0 unspecified atom stereocenters. The zero-order chi connectivity index (χ0) is 19.4. The van der Waals surface area contributed by atoms with Crippen molar-refractivity contribution in [2.45, 2.75) is 58.1 Å². The van der Waals surface area contributed by atoms with Crippen LogP contribution in [0.5, 0.6) is 0 Å². The van der Waals surface area contributed by atoms with Gasteiger partial charge in [0.2, 0.25) is 6.41 Å². The minimum atomic E-state index is -0.138. The number of nitrogens with one attached hydrogen (secondary N) is 1. The summed E-state index contributed by atoms with van der Waals surface area (Å²) in [5.74, 6) is 2.47. The third-order valence-corrected chi connectivity index (χ3v) is 5.69. The van der Waals surface area contributed by atoms with Crippen molar-refractivity contribution in [3.8, 4) is 0 Å². The van der Waals surface area contributed by atoms with Gasteiger partial charge >= 0.3 is 0 Å². The van der Waals surface area contributed by atoms with Gasteiger partial charge in [0.15, 0.2) is 0 Å². The van der Waals surface area contributed by atoms with E-state index in [0.29, 0.717) is 11.7 Å². The molecule has 1 aliphatic carbocycles. The van der Waals surface area contributed by atoms with Crippen LogP contribution >= 0.6 is 0 Å². The molecular formula is C20H33N5O2. The normalized spacial score (nSPS) is 23.8. The molecule has 2 N–H and O–H groups in total. The molecule has 0 radical (unpaired) electrons. The second kappa shape index (κ2) is 8.52. The minimum Gasteiger partial charge on any atom is -0.390 e. The maximum Gasteiger partial charge on any atom is 0.207 e. The Morgan fingerprint density at radius 3 is 2.52 bits per heavy atom. The van der Waals surface area contributed by atoms with Gasteiger partial charge in [0.05, 0.1) is 12.3 Å². The predicted molar refractivity (Wildman–Crippen MR) is 106 cm³/mol. The Kier molecular flexibility index (Phi) is 6.32. The lowest BCUT2D eigenvalue weighted by Crippen LogP contribution is -2.48. The first-order valence-corrected chi connectivity index (χ1v) is 10.1. The molecule has 1 aromatic rings. The molecule has 1 saturated heterocycles. The number of aliphatic hydroxyl groups is 1. The molecule has 1 aliphatic heterocycles. The number of aliphatic hydroxyl groups excluding tert-OH is 1. The number of hydrogen-bond donors (Lipinski definition) is 2. The average molecular weight is 376 g/mol. The van der Waals surface area contributed by atoms with Gasteiger partial charge in [-0.1, -0.05) is 20.8 Å². The maximum absolute atomic E-state index is 10.4. The molecule has 2 heterocycles. The number of aromatic nitrogens is 2. The van der Waals surface area contributed by atoms with E-state index in [1.54, 1.807) is 0 Å². The topological polar surface area (TPSA) is 81.6 Å². The number of amides is 1. The van der Waals surface area contributed by atoms with Gasteiger partial charge in [0.25, 0.3) is 0 Å². The van der Waals surface area contributed by atoms with Crippen molar-refractivity contribution in [1.29, 1.82) is 0 Å². The zero-order valence-electron chi connectivity index (χ0n) is 16.8. The predicted octanol–water partition coefficient (Wildman–Crippen LogP) is 1.30. The smallest absolute Gasteiger partial charge is 0.207 e. The summed E-state index contributed by atoms with van der Waals surface area (Å²) in [4.78, 5) is 24.5. The van der Waals surface area contributed by atoms with Crippen molar-refractivity contribution in [3.05, 3.63) is 17.6 Å². The lowest BCUT2D eigenvalue weighted by atomic mass is 9.78. The third-order valence-electron chi connectivity index (χ3n) is 5.69. The van der Waals surface area contributed by atoms with Crippen LogP contribution in [0.2, 0.25) is 0 Å². The molecule has 150 valence electrons. The van der Waals surface area contributed by atoms with Crippen LogP contribution < -0.4 is 10.2 Å². The highest BCUT2D eigenvalue weighted by Crippen LogP contribution is 2.30. The number of nitrogens with zero attached hydrogens (tertiary/aromatic N) is 4. The van der Waals surface area contributed by atoms with Crippen LogP contribution in [0.4, 0.5) is 5.82 Å². The SMILES string of the molecule is CC(C)(C)c1nc(CO)cc(N2CCN(CCC3CC(NC=O)C3)CC2)n1. The molecule has 3 rings (SSSR count). The Bertz CT molecular complexity index is 632. The largest absolute Gasteiger partial charge is 0.390 e. The monoisotopic (exact) mass is 375 g/mol. The zero-order valence-corrected chi connectivity index (χ0v) is 16.8. The van der Waals surface area contributed by atoms with E-state index in [-0.39, 0.29) is 12.0 Å². The van der Waals surface area contributed by atoms with Crippen LogP contribution in [0, 0.1) is 5.92 Å². The quantitative estimate of drug-likeness (QED) is 0.699. The highest BCUT2D eigenvalue weighted by Gasteiger charge is 2.29. The molecule has 0 spiro atoms. The molecule has 0 atom stereocenters. The van der Waals surface area contributed by atoms with Crippen LogP contribution in [0.25, 0.3) is 0 Å². The Morgan fingerprint density at radius 2 is 1.93 bits per heavy atom. The van der Waals surface area contributed by atoms with E-state index in [2.05, 4.69) is 40.9 Å².